The number of aryl methyl sites for hydroxylation is 1. The van der Waals surface area contributed by atoms with E-state index in [-0.39, 0.29) is 5.91 Å². The highest BCUT2D eigenvalue weighted by Crippen LogP contribution is 2.19. The van der Waals surface area contributed by atoms with Gasteiger partial charge in [-0.05, 0) is 49.4 Å². The Morgan fingerprint density at radius 2 is 2.15 bits per heavy atom. The van der Waals surface area contributed by atoms with E-state index in [1.54, 1.807) is 16.2 Å². The molecule has 0 aliphatic rings. The molecule has 0 aliphatic heterocycles. The van der Waals surface area contributed by atoms with Gasteiger partial charge in [-0.15, -0.1) is 11.3 Å². The molecule has 106 valence electrons. The van der Waals surface area contributed by atoms with Crippen LogP contribution >= 0.6 is 11.3 Å². The smallest absolute Gasteiger partial charge is 0.226 e. The lowest BCUT2D eigenvalue weighted by atomic mass is 10.2. The number of hydrogen-bond donors (Lipinski definition) is 1. The molecule has 4 heteroatoms. The number of hydrogen-bond acceptors (Lipinski definition) is 3. The maximum atomic E-state index is 12.3. The van der Waals surface area contributed by atoms with Gasteiger partial charge in [-0.2, -0.15) is 0 Å². The zero-order chi connectivity index (χ0) is 14.4. The SMILES string of the molecule is CCN(C(=O)CCCc1cccs1)c1cccc(N)c1. The predicted molar refractivity (Wildman–Crippen MR) is 86.1 cm³/mol. The molecule has 2 aromatic rings. The molecule has 3 nitrogen and oxygen atoms in total. The minimum absolute atomic E-state index is 0.162. The van der Waals surface area contributed by atoms with Crippen molar-refractivity contribution < 1.29 is 4.79 Å². The monoisotopic (exact) mass is 288 g/mol. The third kappa shape index (κ3) is 3.84. The molecule has 0 saturated heterocycles. The van der Waals surface area contributed by atoms with Crippen molar-refractivity contribution >= 4 is 28.6 Å². The number of amides is 1. The highest BCUT2D eigenvalue weighted by molar-refractivity contribution is 7.09. The van der Waals surface area contributed by atoms with Crippen LogP contribution < -0.4 is 10.6 Å². The summed E-state index contributed by atoms with van der Waals surface area (Å²) in [5.41, 5.74) is 7.35. The highest BCUT2D eigenvalue weighted by atomic mass is 32.1. The topological polar surface area (TPSA) is 46.3 Å². The minimum Gasteiger partial charge on any atom is -0.399 e. The second-order valence-corrected chi connectivity index (χ2v) is 5.70. The fourth-order valence-corrected chi connectivity index (χ4v) is 2.95. The molecule has 20 heavy (non-hydrogen) atoms. The summed E-state index contributed by atoms with van der Waals surface area (Å²) in [5.74, 6) is 0.162. The normalized spacial score (nSPS) is 10.4. The number of carbonyl (C=O) groups is 1. The van der Waals surface area contributed by atoms with Crippen LogP contribution in [-0.2, 0) is 11.2 Å². The zero-order valence-electron chi connectivity index (χ0n) is 11.7. The van der Waals surface area contributed by atoms with Gasteiger partial charge in [0.15, 0.2) is 0 Å². The van der Waals surface area contributed by atoms with E-state index in [4.69, 9.17) is 5.73 Å². The molecule has 2 rings (SSSR count). The van der Waals surface area contributed by atoms with Crippen LogP contribution in [0.1, 0.15) is 24.6 Å². The van der Waals surface area contributed by atoms with Gasteiger partial charge in [0.05, 0.1) is 0 Å². The van der Waals surface area contributed by atoms with Gasteiger partial charge in [-0.3, -0.25) is 4.79 Å². The molecule has 0 spiro atoms. The van der Waals surface area contributed by atoms with Gasteiger partial charge >= 0.3 is 0 Å². The molecular weight excluding hydrogens is 268 g/mol. The first kappa shape index (κ1) is 14.6. The van der Waals surface area contributed by atoms with Crippen molar-refractivity contribution in [1.29, 1.82) is 0 Å². The lowest BCUT2D eigenvalue weighted by Crippen LogP contribution is -2.30. The van der Waals surface area contributed by atoms with E-state index in [2.05, 4.69) is 11.4 Å². The summed E-state index contributed by atoms with van der Waals surface area (Å²) >= 11 is 1.75. The first-order valence-corrected chi connectivity index (χ1v) is 7.77. The van der Waals surface area contributed by atoms with Crippen LogP contribution in [0.15, 0.2) is 41.8 Å². The predicted octanol–water partition coefficient (Wildman–Crippen LogP) is 3.71. The third-order valence-electron chi connectivity index (χ3n) is 3.19. The fraction of sp³-hybridized carbons (Fsp3) is 0.312. The summed E-state index contributed by atoms with van der Waals surface area (Å²) in [6.45, 7) is 2.65. The van der Waals surface area contributed by atoms with Crippen molar-refractivity contribution in [3.63, 3.8) is 0 Å². The van der Waals surface area contributed by atoms with E-state index < -0.39 is 0 Å². The second kappa shape index (κ2) is 7.10. The molecule has 1 aromatic carbocycles. The van der Waals surface area contributed by atoms with Crippen molar-refractivity contribution in [2.45, 2.75) is 26.2 Å². The first-order valence-electron chi connectivity index (χ1n) is 6.89. The zero-order valence-corrected chi connectivity index (χ0v) is 12.5. The van der Waals surface area contributed by atoms with Gasteiger partial charge in [0.2, 0.25) is 5.91 Å². The molecule has 0 radical (unpaired) electrons. The van der Waals surface area contributed by atoms with Gasteiger partial charge in [0, 0.05) is 29.2 Å². The lowest BCUT2D eigenvalue weighted by molar-refractivity contribution is -0.118. The number of anilines is 2. The molecule has 1 heterocycles. The maximum Gasteiger partial charge on any atom is 0.226 e. The molecule has 0 unspecified atom stereocenters. The van der Waals surface area contributed by atoms with Crippen molar-refractivity contribution in [3.8, 4) is 0 Å². The van der Waals surface area contributed by atoms with Gasteiger partial charge < -0.3 is 10.6 Å². The van der Waals surface area contributed by atoms with Gasteiger partial charge in [-0.25, -0.2) is 0 Å². The summed E-state index contributed by atoms with van der Waals surface area (Å²) in [6.07, 6.45) is 2.43. The Morgan fingerprint density at radius 1 is 1.30 bits per heavy atom. The minimum atomic E-state index is 0.162. The Labute approximate surface area is 124 Å². The van der Waals surface area contributed by atoms with E-state index in [0.717, 1.165) is 18.5 Å². The third-order valence-corrected chi connectivity index (χ3v) is 4.13. The maximum absolute atomic E-state index is 12.3. The number of nitrogens with zero attached hydrogens (tertiary/aromatic N) is 1. The molecule has 1 aromatic heterocycles. The van der Waals surface area contributed by atoms with Gasteiger partial charge in [0.1, 0.15) is 0 Å². The highest BCUT2D eigenvalue weighted by Gasteiger charge is 2.13. The van der Waals surface area contributed by atoms with Crippen LogP contribution in [0.2, 0.25) is 0 Å². The Hall–Kier alpha value is -1.81. The van der Waals surface area contributed by atoms with Crippen LogP contribution in [0.3, 0.4) is 0 Å². The standard InChI is InChI=1S/C16H20N2OS/c1-2-18(14-7-3-6-13(17)12-14)16(19)10-4-8-15-9-5-11-20-15/h3,5-7,9,11-12H,2,4,8,10,17H2,1H3. The second-order valence-electron chi connectivity index (χ2n) is 4.67. The first-order chi connectivity index (χ1) is 9.70. The summed E-state index contributed by atoms with van der Waals surface area (Å²) in [5, 5.41) is 2.07. The number of nitrogens with two attached hydrogens (primary N) is 1. The average molecular weight is 288 g/mol. The molecule has 0 saturated carbocycles. The van der Waals surface area contributed by atoms with Crippen LogP contribution in [0.5, 0.6) is 0 Å². The summed E-state index contributed by atoms with van der Waals surface area (Å²) in [7, 11) is 0. The van der Waals surface area contributed by atoms with Crippen LogP contribution in [-0.4, -0.2) is 12.5 Å². The van der Waals surface area contributed by atoms with E-state index in [1.165, 1.54) is 4.88 Å². The molecule has 0 atom stereocenters. The number of benzene rings is 1. The summed E-state index contributed by atoms with van der Waals surface area (Å²) in [6, 6.07) is 11.7. The number of carbonyl (C=O) groups excluding carboxylic acids is 1. The lowest BCUT2D eigenvalue weighted by Gasteiger charge is -2.21. The van der Waals surface area contributed by atoms with Crippen LogP contribution in [0.4, 0.5) is 11.4 Å². The van der Waals surface area contributed by atoms with E-state index >= 15 is 0 Å². The largest absolute Gasteiger partial charge is 0.399 e. The van der Waals surface area contributed by atoms with Crippen molar-refractivity contribution in [2.75, 3.05) is 17.2 Å². The average Bonchev–Trinajstić information content (AvgIpc) is 2.93. The molecule has 2 N–H and O–H groups in total. The van der Waals surface area contributed by atoms with Crippen LogP contribution in [0, 0.1) is 0 Å². The fourth-order valence-electron chi connectivity index (χ4n) is 2.20. The van der Waals surface area contributed by atoms with Crippen molar-refractivity contribution in [1.82, 2.24) is 0 Å². The Morgan fingerprint density at radius 3 is 2.80 bits per heavy atom. The molecule has 1 amide bonds. The number of thiophene rings is 1. The molecule has 0 fully saturated rings. The number of rotatable bonds is 6. The Kier molecular flexibility index (Phi) is 5.18. The molecule has 0 bridgehead atoms. The molecular formula is C16H20N2OS. The van der Waals surface area contributed by atoms with E-state index in [0.29, 0.717) is 18.7 Å². The molecule has 0 aliphatic carbocycles. The van der Waals surface area contributed by atoms with E-state index in [1.807, 2.05) is 37.3 Å². The van der Waals surface area contributed by atoms with Gasteiger partial charge in [0.25, 0.3) is 0 Å². The van der Waals surface area contributed by atoms with Crippen molar-refractivity contribution in [3.05, 3.63) is 46.7 Å². The quantitative estimate of drug-likeness (QED) is 0.824. The number of nitrogen functional groups attached to an aromatic ring is 1. The van der Waals surface area contributed by atoms with Gasteiger partial charge in [-0.1, -0.05) is 12.1 Å². The van der Waals surface area contributed by atoms with E-state index in [9.17, 15) is 4.79 Å². The van der Waals surface area contributed by atoms with Crippen LogP contribution in [0.25, 0.3) is 0 Å². The summed E-state index contributed by atoms with van der Waals surface area (Å²) in [4.78, 5) is 15.4. The Balaban J connectivity index is 1.92. The summed E-state index contributed by atoms with van der Waals surface area (Å²) < 4.78 is 0. The Bertz CT molecular complexity index is 551. The van der Waals surface area contributed by atoms with Crippen molar-refractivity contribution in [2.24, 2.45) is 0 Å².